The third kappa shape index (κ3) is 3.03. The van der Waals surface area contributed by atoms with Crippen molar-refractivity contribution in [3.63, 3.8) is 0 Å². The molecule has 0 unspecified atom stereocenters. The number of benzene rings is 1. The van der Waals surface area contributed by atoms with Crippen LogP contribution in [-0.2, 0) is 16.6 Å². The van der Waals surface area contributed by atoms with Crippen molar-refractivity contribution >= 4 is 27.4 Å². The van der Waals surface area contributed by atoms with Gasteiger partial charge in [-0.25, -0.2) is 22.0 Å². The van der Waals surface area contributed by atoms with Crippen molar-refractivity contribution in [3.05, 3.63) is 41.7 Å². The number of carbonyl (C=O) groups excluding carboxylic acids is 1. The first-order valence-corrected chi connectivity index (χ1v) is 11.6. The second kappa shape index (κ2) is 6.93. The summed E-state index contributed by atoms with van der Waals surface area (Å²) < 4.78 is 54.8. The first-order valence-electron chi connectivity index (χ1n) is 9.94. The number of carbonyl (C=O) groups is 1. The number of fused-ring (bicyclic) bond motifs is 3. The number of sulfonamides is 1. The van der Waals surface area contributed by atoms with E-state index in [9.17, 15) is 22.0 Å². The summed E-state index contributed by atoms with van der Waals surface area (Å²) in [6.45, 7) is 0.591. The van der Waals surface area contributed by atoms with E-state index in [0.717, 1.165) is 31.4 Å². The molecule has 1 aromatic heterocycles. The number of amides is 2. The Labute approximate surface area is 172 Å². The summed E-state index contributed by atoms with van der Waals surface area (Å²) >= 11 is 0. The van der Waals surface area contributed by atoms with E-state index in [2.05, 4.69) is 10.4 Å². The lowest BCUT2D eigenvalue weighted by Gasteiger charge is -2.39. The van der Waals surface area contributed by atoms with Crippen LogP contribution in [0.4, 0.5) is 25.0 Å². The number of rotatable bonds is 2. The Morgan fingerprint density at radius 2 is 1.93 bits per heavy atom. The maximum Gasteiger partial charge on any atom is 0.322 e. The number of hydrogen-bond donors (Lipinski definition) is 1. The van der Waals surface area contributed by atoms with Gasteiger partial charge in [0.25, 0.3) is 0 Å². The fraction of sp³-hybridized carbons (Fsp3) is 0.474. The summed E-state index contributed by atoms with van der Waals surface area (Å²) in [4.78, 5) is 14.7. The minimum absolute atomic E-state index is 0.0384. The first kappa shape index (κ1) is 19.3. The molecule has 3 aliphatic rings. The van der Waals surface area contributed by atoms with Crippen molar-refractivity contribution in [2.24, 2.45) is 0 Å². The van der Waals surface area contributed by atoms with Gasteiger partial charge < -0.3 is 10.2 Å². The van der Waals surface area contributed by atoms with Crippen LogP contribution in [-0.4, -0.2) is 47.5 Å². The van der Waals surface area contributed by atoms with Crippen LogP contribution in [0.2, 0.25) is 0 Å². The fourth-order valence-electron chi connectivity index (χ4n) is 4.78. The smallest absolute Gasteiger partial charge is 0.313 e. The Kier molecular flexibility index (Phi) is 4.46. The van der Waals surface area contributed by atoms with E-state index in [1.54, 1.807) is 11.1 Å². The summed E-state index contributed by atoms with van der Waals surface area (Å²) in [6.07, 6.45) is 4.68. The van der Waals surface area contributed by atoms with Gasteiger partial charge in [0.15, 0.2) is 11.6 Å². The van der Waals surface area contributed by atoms with Crippen molar-refractivity contribution in [3.8, 4) is 0 Å². The van der Waals surface area contributed by atoms with Gasteiger partial charge in [-0.05, 0) is 37.8 Å². The second-order valence-electron chi connectivity index (χ2n) is 7.92. The van der Waals surface area contributed by atoms with Gasteiger partial charge in [-0.2, -0.15) is 5.10 Å². The number of aromatic nitrogens is 2. The quantitative estimate of drug-likeness (QED) is 0.783. The van der Waals surface area contributed by atoms with Gasteiger partial charge in [0.05, 0.1) is 42.0 Å². The molecule has 160 valence electrons. The zero-order valence-electron chi connectivity index (χ0n) is 16.1. The van der Waals surface area contributed by atoms with Gasteiger partial charge in [0.2, 0.25) is 10.0 Å². The molecule has 1 N–H and O–H groups in total. The minimum Gasteiger partial charge on any atom is -0.313 e. The van der Waals surface area contributed by atoms with Crippen LogP contribution in [0.3, 0.4) is 0 Å². The van der Waals surface area contributed by atoms with E-state index in [0.29, 0.717) is 24.3 Å². The van der Waals surface area contributed by atoms with Gasteiger partial charge in [0, 0.05) is 18.3 Å². The maximum atomic E-state index is 13.5. The van der Waals surface area contributed by atoms with Crippen LogP contribution in [0.1, 0.15) is 37.4 Å². The van der Waals surface area contributed by atoms with Crippen molar-refractivity contribution in [2.45, 2.75) is 44.3 Å². The van der Waals surface area contributed by atoms with Gasteiger partial charge in [0.1, 0.15) is 0 Å². The van der Waals surface area contributed by atoms with Crippen LogP contribution in [0.25, 0.3) is 0 Å². The number of nitrogens with one attached hydrogen (secondary N) is 1. The summed E-state index contributed by atoms with van der Waals surface area (Å²) in [7, 11) is -3.38. The van der Waals surface area contributed by atoms with Crippen LogP contribution in [0.5, 0.6) is 0 Å². The van der Waals surface area contributed by atoms with E-state index in [1.165, 1.54) is 10.4 Å². The summed E-state index contributed by atoms with van der Waals surface area (Å²) in [6, 6.07) is 2.65. The van der Waals surface area contributed by atoms with Gasteiger partial charge in [-0.1, -0.05) is 0 Å². The van der Waals surface area contributed by atoms with E-state index < -0.39 is 27.7 Å². The molecule has 1 saturated heterocycles. The molecule has 2 aromatic rings. The molecule has 2 fully saturated rings. The van der Waals surface area contributed by atoms with Gasteiger partial charge in [-0.15, -0.1) is 0 Å². The lowest BCUT2D eigenvalue weighted by molar-refractivity contribution is 0.139. The van der Waals surface area contributed by atoms with Crippen molar-refractivity contribution < 1.29 is 22.0 Å². The molecule has 11 heteroatoms. The number of nitrogens with zero attached hydrogens (tertiary/aromatic N) is 4. The SMILES string of the molecule is O=C(Nc1ccc(F)c(F)c1)N1Cc2c(N3CCCS3(=O)=O)cnn2[C@@H]2CCC[C@@H]21. The van der Waals surface area contributed by atoms with E-state index >= 15 is 0 Å². The molecule has 30 heavy (non-hydrogen) atoms. The van der Waals surface area contributed by atoms with Crippen molar-refractivity contribution in [2.75, 3.05) is 21.9 Å². The second-order valence-corrected chi connectivity index (χ2v) is 9.93. The zero-order chi connectivity index (χ0) is 21.0. The van der Waals surface area contributed by atoms with E-state index in [-0.39, 0.29) is 30.1 Å². The predicted octanol–water partition coefficient (Wildman–Crippen LogP) is 2.84. The van der Waals surface area contributed by atoms with E-state index in [1.807, 2.05) is 4.68 Å². The molecule has 2 amide bonds. The highest BCUT2D eigenvalue weighted by molar-refractivity contribution is 7.93. The Balaban J connectivity index is 1.46. The summed E-state index contributed by atoms with van der Waals surface area (Å²) in [5.74, 6) is -1.92. The van der Waals surface area contributed by atoms with Crippen LogP contribution in [0.15, 0.2) is 24.4 Å². The third-order valence-corrected chi connectivity index (χ3v) is 8.01. The average molecular weight is 437 g/mol. The molecule has 5 rings (SSSR count). The van der Waals surface area contributed by atoms with Gasteiger partial charge in [-0.3, -0.25) is 8.99 Å². The highest BCUT2D eigenvalue weighted by Gasteiger charge is 2.44. The lowest BCUT2D eigenvalue weighted by atomic mass is 10.1. The fourth-order valence-corrected chi connectivity index (χ4v) is 6.35. The normalized spacial score (nSPS) is 24.6. The molecule has 8 nitrogen and oxygen atoms in total. The molecule has 0 bridgehead atoms. The van der Waals surface area contributed by atoms with E-state index in [4.69, 9.17) is 0 Å². The predicted molar refractivity (Wildman–Crippen MR) is 106 cm³/mol. The molecular weight excluding hydrogens is 416 g/mol. The molecule has 2 atom stereocenters. The minimum atomic E-state index is -3.38. The Morgan fingerprint density at radius 3 is 2.67 bits per heavy atom. The van der Waals surface area contributed by atoms with Gasteiger partial charge >= 0.3 is 6.03 Å². The molecule has 0 spiro atoms. The van der Waals surface area contributed by atoms with Crippen molar-refractivity contribution in [1.82, 2.24) is 14.7 Å². The number of urea groups is 1. The van der Waals surface area contributed by atoms with Crippen LogP contribution < -0.4 is 9.62 Å². The first-order chi connectivity index (χ1) is 14.3. The molecule has 0 radical (unpaired) electrons. The number of halogens is 2. The topological polar surface area (TPSA) is 87.5 Å². The number of hydrogen-bond acceptors (Lipinski definition) is 4. The highest BCUT2D eigenvalue weighted by Crippen LogP contribution is 2.42. The van der Waals surface area contributed by atoms with Crippen molar-refractivity contribution in [1.29, 1.82) is 0 Å². The standard InChI is InChI=1S/C19H21F2N5O3S/c20-13-6-5-12(9-14(13)21)23-19(27)24-11-18-17(25-7-2-8-30(25,28)29)10-22-26(18)16-4-1-3-15(16)24/h5-6,9-10,15-16H,1-4,7-8,11H2,(H,23,27)/t15-,16+/m0/s1. The summed E-state index contributed by atoms with van der Waals surface area (Å²) in [5, 5.41) is 7.11. The molecule has 1 aliphatic carbocycles. The Hall–Kier alpha value is -2.69. The Bertz CT molecular complexity index is 1120. The zero-order valence-corrected chi connectivity index (χ0v) is 16.9. The molecular formula is C19H21F2N5O3S. The molecule has 3 heterocycles. The summed E-state index contributed by atoms with van der Waals surface area (Å²) in [5.41, 5.74) is 1.36. The lowest BCUT2D eigenvalue weighted by Crippen LogP contribution is -2.49. The Morgan fingerprint density at radius 1 is 1.13 bits per heavy atom. The average Bonchev–Trinajstić information content (AvgIpc) is 3.41. The molecule has 2 aliphatic heterocycles. The third-order valence-electron chi connectivity index (χ3n) is 6.15. The monoisotopic (exact) mass is 437 g/mol. The maximum absolute atomic E-state index is 13.5. The molecule has 1 saturated carbocycles. The molecule has 1 aromatic carbocycles. The highest BCUT2D eigenvalue weighted by atomic mass is 32.2. The van der Waals surface area contributed by atoms with Crippen LogP contribution >= 0.6 is 0 Å². The number of anilines is 2. The largest absolute Gasteiger partial charge is 0.322 e. The van der Waals surface area contributed by atoms with Crippen LogP contribution in [0, 0.1) is 11.6 Å².